The van der Waals surface area contributed by atoms with Crippen LogP contribution in [0.5, 0.6) is 0 Å². The molecule has 1 saturated heterocycles. The third-order valence-corrected chi connectivity index (χ3v) is 5.35. The van der Waals surface area contributed by atoms with E-state index in [-0.39, 0.29) is 29.1 Å². The van der Waals surface area contributed by atoms with E-state index in [2.05, 4.69) is 20.8 Å². The van der Waals surface area contributed by atoms with Crippen molar-refractivity contribution in [1.29, 1.82) is 0 Å². The maximum Gasteiger partial charge on any atom is 0.272 e. The summed E-state index contributed by atoms with van der Waals surface area (Å²) < 4.78 is 35.6. The van der Waals surface area contributed by atoms with Crippen molar-refractivity contribution >= 4 is 27.2 Å². The van der Waals surface area contributed by atoms with Gasteiger partial charge >= 0.3 is 0 Å². The second kappa shape index (κ2) is 6.52. The minimum absolute atomic E-state index is 0.0453. The summed E-state index contributed by atoms with van der Waals surface area (Å²) >= 11 is 0. The summed E-state index contributed by atoms with van der Waals surface area (Å²) in [4.78, 5) is 12.0. The predicted octanol–water partition coefficient (Wildman–Crippen LogP) is 1.28. The minimum atomic E-state index is -3.06. The van der Waals surface area contributed by atoms with Crippen LogP contribution < -0.4 is 10.6 Å². The molecule has 2 N–H and O–H groups in total. The van der Waals surface area contributed by atoms with Crippen molar-refractivity contribution in [3.63, 3.8) is 0 Å². The van der Waals surface area contributed by atoms with Gasteiger partial charge < -0.3 is 10.6 Å². The standard InChI is InChI=1S/C15H15FN4O3S/c16-10-1-3-11(4-2-10)17-14-6-5-13(19-20-14)15(21)18-12-7-8-24(22,23)9-12/h1-6,12H,7-9H2,(H,17,20)(H,18,21). The molecule has 1 unspecified atom stereocenters. The Bertz CT molecular complexity index is 838. The van der Waals surface area contributed by atoms with Gasteiger partial charge in [-0.2, -0.15) is 0 Å². The molecule has 0 bridgehead atoms. The lowest BCUT2D eigenvalue weighted by atomic mass is 10.2. The Hall–Kier alpha value is -2.55. The maximum atomic E-state index is 12.8. The van der Waals surface area contributed by atoms with Crippen molar-refractivity contribution in [2.24, 2.45) is 0 Å². The molecule has 3 rings (SSSR count). The number of hydrogen-bond acceptors (Lipinski definition) is 6. The highest BCUT2D eigenvalue weighted by Gasteiger charge is 2.29. The van der Waals surface area contributed by atoms with Gasteiger partial charge in [0.15, 0.2) is 21.3 Å². The number of sulfone groups is 1. The fraction of sp³-hybridized carbons (Fsp3) is 0.267. The molecule has 1 amide bonds. The molecular formula is C15H15FN4O3S. The molecule has 1 aromatic carbocycles. The average molecular weight is 350 g/mol. The molecule has 0 saturated carbocycles. The Kier molecular flexibility index (Phi) is 4.43. The van der Waals surface area contributed by atoms with Gasteiger partial charge in [0.25, 0.3) is 5.91 Å². The molecule has 126 valence electrons. The van der Waals surface area contributed by atoms with Crippen LogP contribution in [-0.2, 0) is 9.84 Å². The second-order valence-electron chi connectivity index (χ2n) is 5.51. The number of anilines is 2. The first kappa shape index (κ1) is 16.3. The second-order valence-corrected chi connectivity index (χ2v) is 7.74. The number of amides is 1. The van der Waals surface area contributed by atoms with E-state index < -0.39 is 15.7 Å². The van der Waals surface area contributed by atoms with Crippen LogP contribution in [0.25, 0.3) is 0 Å². The molecular weight excluding hydrogens is 335 g/mol. The quantitative estimate of drug-likeness (QED) is 0.861. The summed E-state index contributed by atoms with van der Waals surface area (Å²) in [6, 6.07) is 8.40. The van der Waals surface area contributed by atoms with Crippen molar-refractivity contribution in [1.82, 2.24) is 15.5 Å². The Morgan fingerprint density at radius 1 is 1.12 bits per heavy atom. The SMILES string of the molecule is O=C(NC1CCS(=O)(=O)C1)c1ccc(Nc2ccc(F)cc2)nn1. The van der Waals surface area contributed by atoms with Crippen LogP contribution in [0, 0.1) is 5.82 Å². The summed E-state index contributed by atoms with van der Waals surface area (Å²) in [5, 5.41) is 13.3. The molecule has 0 aliphatic carbocycles. The van der Waals surface area contributed by atoms with E-state index in [9.17, 15) is 17.6 Å². The van der Waals surface area contributed by atoms with Crippen molar-refractivity contribution in [2.45, 2.75) is 12.5 Å². The lowest BCUT2D eigenvalue weighted by molar-refractivity contribution is 0.0935. The van der Waals surface area contributed by atoms with E-state index >= 15 is 0 Å². The predicted molar refractivity (Wildman–Crippen MR) is 86.2 cm³/mol. The molecule has 0 spiro atoms. The van der Waals surface area contributed by atoms with Crippen molar-refractivity contribution in [3.8, 4) is 0 Å². The first-order chi connectivity index (χ1) is 11.4. The molecule has 9 heteroatoms. The topological polar surface area (TPSA) is 101 Å². The third-order valence-electron chi connectivity index (χ3n) is 3.58. The van der Waals surface area contributed by atoms with Crippen LogP contribution in [0.1, 0.15) is 16.9 Å². The van der Waals surface area contributed by atoms with Gasteiger partial charge in [0.2, 0.25) is 0 Å². The van der Waals surface area contributed by atoms with Gasteiger partial charge in [-0.1, -0.05) is 0 Å². The van der Waals surface area contributed by atoms with Gasteiger partial charge in [-0.3, -0.25) is 4.79 Å². The van der Waals surface area contributed by atoms with E-state index in [0.29, 0.717) is 17.9 Å². The number of halogens is 1. The molecule has 0 radical (unpaired) electrons. The fourth-order valence-corrected chi connectivity index (χ4v) is 4.04. The Morgan fingerprint density at radius 2 is 1.88 bits per heavy atom. The molecule has 1 fully saturated rings. The summed E-state index contributed by atoms with van der Waals surface area (Å²) in [5.41, 5.74) is 0.739. The first-order valence-electron chi connectivity index (χ1n) is 7.29. The van der Waals surface area contributed by atoms with Gasteiger partial charge in [-0.05, 0) is 42.8 Å². The Balaban J connectivity index is 1.61. The largest absolute Gasteiger partial charge is 0.347 e. The number of nitrogens with zero attached hydrogens (tertiary/aromatic N) is 2. The van der Waals surface area contributed by atoms with Crippen LogP contribution in [-0.4, -0.2) is 42.1 Å². The van der Waals surface area contributed by atoms with Crippen LogP contribution in [0.3, 0.4) is 0 Å². The zero-order chi connectivity index (χ0) is 17.2. The monoisotopic (exact) mass is 350 g/mol. The fourth-order valence-electron chi connectivity index (χ4n) is 2.37. The smallest absolute Gasteiger partial charge is 0.272 e. The number of carbonyl (C=O) groups is 1. The van der Waals surface area contributed by atoms with E-state index in [1.54, 1.807) is 18.2 Å². The summed E-state index contributed by atoms with van der Waals surface area (Å²) in [5.74, 6) is -0.354. The molecule has 1 atom stereocenters. The normalized spacial score (nSPS) is 19.0. The first-order valence-corrected chi connectivity index (χ1v) is 9.11. The zero-order valence-corrected chi connectivity index (χ0v) is 13.4. The zero-order valence-electron chi connectivity index (χ0n) is 12.6. The number of benzene rings is 1. The number of rotatable bonds is 4. The van der Waals surface area contributed by atoms with E-state index in [4.69, 9.17) is 0 Å². The van der Waals surface area contributed by atoms with Crippen molar-refractivity contribution in [2.75, 3.05) is 16.8 Å². The Labute approximate surface area is 138 Å². The van der Waals surface area contributed by atoms with E-state index in [0.717, 1.165) is 0 Å². The number of carbonyl (C=O) groups excluding carboxylic acids is 1. The molecule has 1 aromatic heterocycles. The molecule has 1 aliphatic heterocycles. The van der Waals surface area contributed by atoms with E-state index in [1.165, 1.54) is 18.2 Å². The molecule has 24 heavy (non-hydrogen) atoms. The lowest BCUT2D eigenvalue weighted by Crippen LogP contribution is -2.36. The van der Waals surface area contributed by atoms with Crippen molar-refractivity contribution < 1.29 is 17.6 Å². The van der Waals surface area contributed by atoms with Crippen LogP contribution in [0.15, 0.2) is 36.4 Å². The summed E-state index contributed by atoms with van der Waals surface area (Å²) in [7, 11) is -3.06. The summed E-state index contributed by atoms with van der Waals surface area (Å²) in [6.07, 6.45) is 0.408. The highest BCUT2D eigenvalue weighted by Crippen LogP contribution is 2.15. The number of aromatic nitrogens is 2. The maximum absolute atomic E-state index is 12.8. The molecule has 7 nitrogen and oxygen atoms in total. The van der Waals surface area contributed by atoms with Crippen molar-refractivity contribution in [3.05, 3.63) is 47.9 Å². The molecule has 1 aliphatic rings. The highest BCUT2D eigenvalue weighted by molar-refractivity contribution is 7.91. The molecule has 2 aromatic rings. The van der Waals surface area contributed by atoms with Gasteiger partial charge in [-0.25, -0.2) is 12.8 Å². The van der Waals surface area contributed by atoms with Gasteiger partial charge in [0.05, 0.1) is 11.5 Å². The third kappa shape index (κ3) is 4.05. The minimum Gasteiger partial charge on any atom is -0.347 e. The van der Waals surface area contributed by atoms with Gasteiger partial charge in [0, 0.05) is 11.7 Å². The Morgan fingerprint density at radius 3 is 2.46 bits per heavy atom. The highest BCUT2D eigenvalue weighted by atomic mass is 32.2. The van der Waals surface area contributed by atoms with Crippen LogP contribution in [0.2, 0.25) is 0 Å². The lowest BCUT2D eigenvalue weighted by Gasteiger charge is -2.10. The number of hydrogen-bond donors (Lipinski definition) is 2. The van der Waals surface area contributed by atoms with Crippen LogP contribution in [0.4, 0.5) is 15.9 Å². The van der Waals surface area contributed by atoms with Gasteiger partial charge in [0.1, 0.15) is 5.82 Å². The summed E-state index contributed by atoms with van der Waals surface area (Å²) in [6.45, 7) is 0. The molecule has 2 heterocycles. The average Bonchev–Trinajstić information content (AvgIpc) is 2.89. The van der Waals surface area contributed by atoms with Crippen LogP contribution >= 0.6 is 0 Å². The number of nitrogens with one attached hydrogen (secondary N) is 2. The van der Waals surface area contributed by atoms with E-state index in [1.807, 2.05) is 0 Å². The van der Waals surface area contributed by atoms with Gasteiger partial charge in [-0.15, -0.1) is 10.2 Å².